The molecule has 2 fully saturated rings. The second kappa shape index (κ2) is 1.84. The first-order chi connectivity index (χ1) is 5.11. The molecule has 1 N–H and O–H groups in total. The van der Waals surface area contributed by atoms with Crippen LogP contribution in [0.15, 0.2) is 0 Å². The van der Waals surface area contributed by atoms with E-state index in [1.165, 1.54) is 0 Å². The third kappa shape index (κ3) is 0.870. The van der Waals surface area contributed by atoms with Gasteiger partial charge in [0.1, 0.15) is 5.78 Å². The summed E-state index contributed by atoms with van der Waals surface area (Å²) in [5, 5.41) is 2.86. The molecule has 0 aromatic carbocycles. The van der Waals surface area contributed by atoms with Gasteiger partial charge in [-0.1, -0.05) is 0 Å². The lowest BCUT2D eigenvalue weighted by Crippen LogP contribution is -2.38. The minimum absolute atomic E-state index is 0.0602. The predicted molar refractivity (Wildman–Crippen MR) is 38.9 cm³/mol. The molecular formula is C8H11NO2. The number of hydrogen-bond donors (Lipinski definition) is 1. The summed E-state index contributed by atoms with van der Waals surface area (Å²) < 4.78 is 0. The minimum Gasteiger partial charge on any atom is -0.350 e. The molecule has 1 heterocycles. The van der Waals surface area contributed by atoms with Crippen molar-refractivity contribution >= 4 is 11.7 Å². The average Bonchev–Trinajstić information content (AvgIpc) is 2.18. The summed E-state index contributed by atoms with van der Waals surface area (Å²) in [5.74, 6) is -0.263. The van der Waals surface area contributed by atoms with Crippen LogP contribution in [0.2, 0.25) is 0 Å². The molecule has 1 saturated heterocycles. The van der Waals surface area contributed by atoms with Gasteiger partial charge in [-0.05, 0) is 19.8 Å². The van der Waals surface area contributed by atoms with Gasteiger partial charge in [-0.2, -0.15) is 0 Å². The molecule has 0 spiro atoms. The van der Waals surface area contributed by atoms with Crippen molar-refractivity contribution in [2.45, 2.75) is 31.7 Å². The smallest absolute Gasteiger partial charge is 0.231 e. The van der Waals surface area contributed by atoms with Crippen molar-refractivity contribution in [2.24, 2.45) is 5.92 Å². The van der Waals surface area contributed by atoms with E-state index in [1.54, 1.807) is 0 Å². The van der Waals surface area contributed by atoms with Crippen LogP contribution in [0.5, 0.6) is 0 Å². The molecule has 0 unspecified atom stereocenters. The number of carbonyl (C=O) groups excluding carboxylic acids is 2. The Morgan fingerprint density at radius 3 is 2.91 bits per heavy atom. The Morgan fingerprint density at radius 1 is 1.55 bits per heavy atom. The Morgan fingerprint density at radius 2 is 2.27 bits per heavy atom. The minimum atomic E-state index is -0.325. The highest BCUT2D eigenvalue weighted by Crippen LogP contribution is 2.35. The van der Waals surface area contributed by atoms with Crippen molar-refractivity contribution in [3.05, 3.63) is 0 Å². The normalized spacial score (nSPS) is 42.5. The molecule has 3 nitrogen and oxygen atoms in total. The van der Waals surface area contributed by atoms with Crippen molar-refractivity contribution in [3.63, 3.8) is 0 Å². The molecule has 0 radical (unpaired) electrons. The maximum atomic E-state index is 11.1. The lowest BCUT2D eigenvalue weighted by molar-refractivity contribution is -0.131. The van der Waals surface area contributed by atoms with Crippen LogP contribution in [0.3, 0.4) is 0 Å². The van der Waals surface area contributed by atoms with Gasteiger partial charge >= 0.3 is 0 Å². The van der Waals surface area contributed by atoms with E-state index in [1.807, 2.05) is 6.92 Å². The van der Waals surface area contributed by atoms with E-state index in [4.69, 9.17) is 0 Å². The molecule has 1 aliphatic carbocycles. The number of rotatable bonds is 0. The Labute approximate surface area is 65.2 Å². The summed E-state index contributed by atoms with van der Waals surface area (Å²) in [4.78, 5) is 22.3. The molecular weight excluding hydrogens is 142 g/mol. The van der Waals surface area contributed by atoms with Crippen LogP contribution in [-0.4, -0.2) is 17.2 Å². The van der Waals surface area contributed by atoms with E-state index in [0.29, 0.717) is 12.8 Å². The molecule has 3 heteroatoms. The maximum Gasteiger partial charge on any atom is 0.231 e. The molecule has 0 aromatic rings. The molecule has 60 valence electrons. The van der Waals surface area contributed by atoms with E-state index >= 15 is 0 Å². The maximum absolute atomic E-state index is 11.1. The summed E-state index contributed by atoms with van der Waals surface area (Å²) >= 11 is 0. The van der Waals surface area contributed by atoms with Crippen molar-refractivity contribution in [1.82, 2.24) is 5.32 Å². The van der Waals surface area contributed by atoms with Crippen LogP contribution in [0.25, 0.3) is 0 Å². The van der Waals surface area contributed by atoms with E-state index in [2.05, 4.69) is 5.32 Å². The van der Waals surface area contributed by atoms with E-state index in [0.717, 1.165) is 6.42 Å². The van der Waals surface area contributed by atoms with Crippen LogP contribution in [-0.2, 0) is 9.59 Å². The Kier molecular flexibility index (Phi) is 1.14. The van der Waals surface area contributed by atoms with Gasteiger partial charge in [-0.3, -0.25) is 9.59 Å². The molecule has 2 rings (SSSR count). The zero-order valence-corrected chi connectivity index (χ0v) is 6.52. The van der Waals surface area contributed by atoms with Crippen LogP contribution in [0.4, 0.5) is 0 Å². The third-order valence-corrected chi connectivity index (χ3v) is 2.71. The zero-order valence-electron chi connectivity index (χ0n) is 6.52. The Bertz CT molecular complexity index is 236. The van der Waals surface area contributed by atoms with Crippen LogP contribution in [0, 0.1) is 5.92 Å². The molecule has 1 amide bonds. The Hall–Kier alpha value is -0.860. The van der Waals surface area contributed by atoms with E-state index < -0.39 is 0 Å². The van der Waals surface area contributed by atoms with Crippen molar-refractivity contribution in [3.8, 4) is 0 Å². The second-order valence-electron chi connectivity index (χ2n) is 3.77. The second-order valence-corrected chi connectivity index (χ2v) is 3.77. The Balaban J connectivity index is 2.31. The molecule has 0 aromatic heterocycles. The number of carbonyl (C=O) groups is 2. The van der Waals surface area contributed by atoms with Gasteiger partial charge in [0, 0.05) is 12.0 Å². The van der Waals surface area contributed by atoms with Crippen molar-refractivity contribution in [1.29, 1.82) is 0 Å². The first-order valence-corrected chi connectivity index (χ1v) is 3.95. The number of ketones is 1. The lowest BCUT2D eigenvalue weighted by Gasteiger charge is -2.26. The fourth-order valence-corrected chi connectivity index (χ4v) is 1.98. The van der Waals surface area contributed by atoms with E-state index in [9.17, 15) is 9.59 Å². The molecule has 1 aliphatic heterocycles. The van der Waals surface area contributed by atoms with Gasteiger partial charge in [-0.15, -0.1) is 0 Å². The monoisotopic (exact) mass is 153 g/mol. The molecule has 2 aliphatic rings. The van der Waals surface area contributed by atoms with Gasteiger partial charge in [0.15, 0.2) is 0 Å². The highest BCUT2D eigenvalue weighted by Gasteiger charge is 2.47. The van der Waals surface area contributed by atoms with Gasteiger partial charge in [-0.25, -0.2) is 0 Å². The summed E-state index contributed by atoms with van der Waals surface area (Å²) in [6.45, 7) is 2.01. The largest absolute Gasteiger partial charge is 0.350 e. The van der Waals surface area contributed by atoms with Crippen molar-refractivity contribution < 1.29 is 9.59 Å². The average molecular weight is 153 g/mol. The first-order valence-electron chi connectivity index (χ1n) is 3.95. The lowest BCUT2D eigenvalue weighted by atomic mass is 9.81. The molecule has 1 saturated carbocycles. The summed E-state index contributed by atoms with van der Waals surface area (Å²) in [6, 6.07) is 0. The summed E-state index contributed by atoms with van der Waals surface area (Å²) in [7, 11) is 0. The number of Topliss-reactive ketones (excluding diaryl/α,β-unsaturated/α-hetero) is 1. The fraction of sp³-hybridized carbons (Fsp3) is 0.750. The number of nitrogens with one attached hydrogen (secondary N) is 1. The first kappa shape index (κ1) is 6.83. The SMILES string of the molecule is C[C@@]12CCC(=O)[C@H](C1)C(=O)N2. The summed E-state index contributed by atoms with van der Waals surface area (Å²) in [6.07, 6.45) is 2.10. The molecule has 2 atom stereocenters. The molecule has 2 bridgehead atoms. The quantitative estimate of drug-likeness (QED) is 0.507. The standard InChI is InChI=1S/C8H11NO2/c1-8-3-2-6(10)5(4-8)7(11)9-8/h5H,2-4H2,1H3,(H,9,11)/t5-,8+/m0/s1. The van der Waals surface area contributed by atoms with Crippen LogP contribution in [0.1, 0.15) is 26.2 Å². The van der Waals surface area contributed by atoms with Crippen molar-refractivity contribution in [2.75, 3.05) is 0 Å². The topological polar surface area (TPSA) is 46.2 Å². The highest BCUT2D eigenvalue weighted by molar-refractivity contribution is 6.04. The van der Waals surface area contributed by atoms with Gasteiger partial charge in [0.25, 0.3) is 0 Å². The van der Waals surface area contributed by atoms with Gasteiger partial charge in [0.05, 0.1) is 5.92 Å². The molecule has 11 heavy (non-hydrogen) atoms. The van der Waals surface area contributed by atoms with E-state index in [-0.39, 0.29) is 23.1 Å². The number of fused-ring (bicyclic) bond motifs is 2. The third-order valence-electron chi connectivity index (χ3n) is 2.71. The van der Waals surface area contributed by atoms with Gasteiger partial charge in [0.2, 0.25) is 5.91 Å². The fourth-order valence-electron chi connectivity index (χ4n) is 1.98. The number of amides is 1. The van der Waals surface area contributed by atoms with Crippen LogP contribution < -0.4 is 5.32 Å². The van der Waals surface area contributed by atoms with Gasteiger partial charge < -0.3 is 5.32 Å². The number of hydrogen-bond acceptors (Lipinski definition) is 2. The zero-order chi connectivity index (χ0) is 8.06. The van der Waals surface area contributed by atoms with Crippen LogP contribution >= 0.6 is 0 Å². The summed E-state index contributed by atoms with van der Waals surface area (Å²) in [5.41, 5.74) is -0.0737. The predicted octanol–water partition coefficient (Wildman–Crippen LogP) is 0.244. The highest BCUT2D eigenvalue weighted by atomic mass is 16.2.